The topological polar surface area (TPSA) is 91.0 Å². The van der Waals surface area contributed by atoms with Crippen molar-refractivity contribution in [1.29, 1.82) is 0 Å². The summed E-state index contributed by atoms with van der Waals surface area (Å²) in [4.78, 5) is 37.9. The molecule has 0 spiro atoms. The summed E-state index contributed by atoms with van der Waals surface area (Å²) in [7, 11) is 0. The van der Waals surface area contributed by atoms with Crippen molar-refractivity contribution in [3.63, 3.8) is 0 Å². The molecule has 2 aromatic heterocycles. The van der Waals surface area contributed by atoms with E-state index in [0.717, 1.165) is 28.0 Å². The van der Waals surface area contributed by atoms with Crippen LogP contribution in [0.15, 0.2) is 30.6 Å². The Balaban J connectivity index is 1.60. The molecule has 0 atom stereocenters. The second-order valence-electron chi connectivity index (χ2n) is 6.52. The molecule has 132 valence electrons. The van der Waals surface area contributed by atoms with E-state index in [4.69, 9.17) is 0 Å². The van der Waals surface area contributed by atoms with Gasteiger partial charge in [-0.05, 0) is 42.7 Å². The van der Waals surface area contributed by atoms with Crippen LogP contribution in [0, 0.1) is 6.92 Å². The number of fused-ring (bicyclic) bond motifs is 2. The Bertz CT molecular complexity index is 1020. The number of rotatable bonds is 2. The number of anilines is 1. The van der Waals surface area contributed by atoms with Crippen LogP contribution in [0.5, 0.6) is 0 Å². The van der Waals surface area contributed by atoms with Gasteiger partial charge in [0, 0.05) is 38.1 Å². The minimum Gasteiger partial charge on any atom is -0.342 e. The Labute approximate surface area is 150 Å². The number of nitrogens with one attached hydrogen (secondary N) is 2. The van der Waals surface area contributed by atoms with E-state index in [1.165, 1.54) is 0 Å². The first kappa shape index (κ1) is 16.3. The number of aromatic amines is 1. The summed E-state index contributed by atoms with van der Waals surface area (Å²) >= 11 is 0. The van der Waals surface area contributed by atoms with Crippen molar-refractivity contribution in [2.24, 2.45) is 0 Å². The van der Waals surface area contributed by atoms with Gasteiger partial charge in [0.1, 0.15) is 5.82 Å². The second kappa shape index (κ2) is 6.25. The Morgan fingerprint density at radius 3 is 2.92 bits per heavy atom. The van der Waals surface area contributed by atoms with Gasteiger partial charge in [0.25, 0.3) is 5.91 Å². The molecule has 0 fully saturated rings. The highest BCUT2D eigenvalue weighted by Crippen LogP contribution is 2.23. The lowest BCUT2D eigenvalue weighted by Crippen LogP contribution is -2.35. The van der Waals surface area contributed by atoms with Crippen LogP contribution in [0.1, 0.15) is 34.2 Å². The lowest BCUT2D eigenvalue weighted by molar-refractivity contribution is -0.129. The smallest absolute Gasteiger partial charge is 0.257 e. The highest BCUT2D eigenvalue weighted by molar-refractivity contribution is 6.06. The third-order valence-corrected chi connectivity index (χ3v) is 4.69. The van der Waals surface area contributed by atoms with Crippen LogP contribution in [-0.2, 0) is 17.8 Å². The molecule has 0 bridgehead atoms. The van der Waals surface area contributed by atoms with Crippen molar-refractivity contribution in [1.82, 2.24) is 19.9 Å². The van der Waals surface area contributed by atoms with Gasteiger partial charge in [-0.25, -0.2) is 4.98 Å². The third kappa shape index (κ3) is 2.92. The Morgan fingerprint density at radius 2 is 2.12 bits per heavy atom. The van der Waals surface area contributed by atoms with Gasteiger partial charge in [0.2, 0.25) is 5.91 Å². The Morgan fingerprint density at radius 1 is 1.27 bits per heavy atom. The molecule has 2 N–H and O–H groups in total. The molecule has 7 nitrogen and oxygen atoms in total. The predicted molar refractivity (Wildman–Crippen MR) is 97.8 cm³/mol. The summed E-state index contributed by atoms with van der Waals surface area (Å²) < 4.78 is 0. The number of nitrogens with zero attached hydrogens (tertiary/aromatic N) is 3. The summed E-state index contributed by atoms with van der Waals surface area (Å²) in [6, 6.07) is 5.58. The molecule has 0 saturated heterocycles. The fourth-order valence-corrected chi connectivity index (χ4v) is 3.37. The molecule has 1 aromatic carbocycles. The molecule has 26 heavy (non-hydrogen) atoms. The molecule has 0 radical (unpaired) electrons. The van der Waals surface area contributed by atoms with Gasteiger partial charge in [0.15, 0.2) is 0 Å². The molecule has 1 aliphatic heterocycles. The van der Waals surface area contributed by atoms with Crippen molar-refractivity contribution in [2.75, 3.05) is 11.9 Å². The van der Waals surface area contributed by atoms with E-state index >= 15 is 0 Å². The SMILES string of the molecule is CC(=O)N1CCc2c(cncc2C(=O)Nc2ccc3nc(C)[nH]c3c2)C1. The van der Waals surface area contributed by atoms with Crippen LogP contribution in [0.2, 0.25) is 0 Å². The first-order valence-electron chi connectivity index (χ1n) is 8.50. The van der Waals surface area contributed by atoms with Crippen LogP contribution < -0.4 is 5.32 Å². The van der Waals surface area contributed by atoms with Crippen molar-refractivity contribution in [2.45, 2.75) is 26.8 Å². The summed E-state index contributed by atoms with van der Waals surface area (Å²) in [5, 5.41) is 2.94. The molecule has 0 aliphatic carbocycles. The molecule has 1 aliphatic rings. The fraction of sp³-hybridized carbons (Fsp3) is 0.263. The largest absolute Gasteiger partial charge is 0.342 e. The number of aromatic nitrogens is 3. The fourth-order valence-electron chi connectivity index (χ4n) is 3.37. The molecule has 0 saturated carbocycles. The van der Waals surface area contributed by atoms with E-state index in [1.807, 2.05) is 25.1 Å². The van der Waals surface area contributed by atoms with E-state index in [0.29, 0.717) is 30.8 Å². The second-order valence-corrected chi connectivity index (χ2v) is 6.52. The molecular weight excluding hydrogens is 330 g/mol. The third-order valence-electron chi connectivity index (χ3n) is 4.69. The molecule has 3 heterocycles. The molecule has 3 aromatic rings. The molecule has 4 rings (SSSR count). The molecule has 2 amide bonds. The lowest BCUT2D eigenvalue weighted by atomic mass is 9.96. The summed E-state index contributed by atoms with van der Waals surface area (Å²) in [6.07, 6.45) is 3.98. The summed E-state index contributed by atoms with van der Waals surface area (Å²) in [5.41, 5.74) is 4.90. The first-order chi connectivity index (χ1) is 12.5. The number of carbonyl (C=O) groups is 2. The van der Waals surface area contributed by atoms with Crippen molar-refractivity contribution >= 4 is 28.5 Å². The van der Waals surface area contributed by atoms with E-state index in [2.05, 4.69) is 20.3 Å². The quantitative estimate of drug-likeness (QED) is 0.743. The number of imidazole rings is 1. The van der Waals surface area contributed by atoms with Crippen LogP contribution in [-0.4, -0.2) is 38.2 Å². The van der Waals surface area contributed by atoms with E-state index in [-0.39, 0.29) is 11.8 Å². The van der Waals surface area contributed by atoms with Gasteiger partial charge >= 0.3 is 0 Å². The average Bonchev–Trinajstić information content (AvgIpc) is 2.99. The number of hydrogen-bond acceptors (Lipinski definition) is 4. The molecule has 0 unspecified atom stereocenters. The van der Waals surface area contributed by atoms with Gasteiger partial charge < -0.3 is 15.2 Å². The highest BCUT2D eigenvalue weighted by Gasteiger charge is 2.23. The maximum absolute atomic E-state index is 12.8. The Hall–Kier alpha value is -3.22. The van der Waals surface area contributed by atoms with Gasteiger partial charge in [-0.1, -0.05) is 0 Å². The summed E-state index contributed by atoms with van der Waals surface area (Å²) in [5.74, 6) is 0.676. The number of aryl methyl sites for hydroxylation is 1. The highest BCUT2D eigenvalue weighted by atomic mass is 16.2. The van der Waals surface area contributed by atoms with Crippen LogP contribution in [0.4, 0.5) is 5.69 Å². The van der Waals surface area contributed by atoms with Gasteiger partial charge in [-0.3, -0.25) is 14.6 Å². The van der Waals surface area contributed by atoms with Crippen molar-refractivity contribution in [3.05, 3.63) is 53.1 Å². The van der Waals surface area contributed by atoms with Crippen LogP contribution in [0.25, 0.3) is 11.0 Å². The minimum absolute atomic E-state index is 0.0358. The maximum Gasteiger partial charge on any atom is 0.257 e. The van der Waals surface area contributed by atoms with Crippen LogP contribution >= 0.6 is 0 Å². The standard InChI is InChI=1S/C19H19N5O2/c1-11-21-17-4-3-14(7-18(17)22-11)23-19(26)16-9-20-8-13-10-24(12(2)25)6-5-15(13)16/h3-4,7-9H,5-6,10H2,1-2H3,(H,21,22)(H,23,26). The average molecular weight is 349 g/mol. The zero-order chi connectivity index (χ0) is 18.3. The van der Waals surface area contributed by atoms with E-state index in [1.54, 1.807) is 24.2 Å². The van der Waals surface area contributed by atoms with Gasteiger partial charge in [-0.2, -0.15) is 0 Å². The normalized spacial score (nSPS) is 13.5. The number of H-pyrrole nitrogens is 1. The number of amides is 2. The van der Waals surface area contributed by atoms with Gasteiger partial charge in [0.05, 0.1) is 16.6 Å². The van der Waals surface area contributed by atoms with Crippen LogP contribution in [0.3, 0.4) is 0 Å². The van der Waals surface area contributed by atoms with Crippen molar-refractivity contribution in [3.8, 4) is 0 Å². The molecule has 7 heteroatoms. The van der Waals surface area contributed by atoms with E-state index < -0.39 is 0 Å². The van der Waals surface area contributed by atoms with Crippen molar-refractivity contribution < 1.29 is 9.59 Å². The zero-order valence-corrected chi connectivity index (χ0v) is 14.7. The van der Waals surface area contributed by atoms with Gasteiger partial charge in [-0.15, -0.1) is 0 Å². The zero-order valence-electron chi connectivity index (χ0n) is 14.7. The van der Waals surface area contributed by atoms with E-state index in [9.17, 15) is 9.59 Å². The number of carbonyl (C=O) groups excluding carboxylic acids is 2. The minimum atomic E-state index is -0.193. The molecular formula is C19H19N5O2. The summed E-state index contributed by atoms with van der Waals surface area (Å²) in [6.45, 7) is 4.57. The number of hydrogen-bond donors (Lipinski definition) is 2. The number of pyridine rings is 1. The Kier molecular flexibility index (Phi) is 3.91. The number of benzene rings is 1. The monoisotopic (exact) mass is 349 g/mol. The maximum atomic E-state index is 12.8. The first-order valence-corrected chi connectivity index (χ1v) is 8.50. The lowest BCUT2D eigenvalue weighted by Gasteiger charge is -2.28. The predicted octanol–water partition coefficient (Wildman–Crippen LogP) is 2.42.